The maximum atomic E-state index is 13.0. The van der Waals surface area contributed by atoms with Crippen LogP contribution in [0.1, 0.15) is 57.8 Å². The fraction of sp³-hybridized carbons (Fsp3) is 0.667. The highest BCUT2D eigenvalue weighted by molar-refractivity contribution is 5.98. The zero-order chi connectivity index (χ0) is 21.9. The molecule has 0 saturated carbocycles. The van der Waals surface area contributed by atoms with E-state index in [1.54, 1.807) is 6.07 Å². The first-order valence-electron chi connectivity index (χ1n) is 11.2. The van der Waals surface area contributed by atoms with Crippen molar-refractivity contribution in [3.63, 3.8) is 0 Å². The van der Waals surface area contributed by atoms with Crippen LogP contribution in [0.25, 0.3) is 0 Å². The van der Waals surface area contributed by atoms with Crippen LogP contribution in [-0.4, -0.2) is 66.5 Å². The van der Waals surface area contributed by atoms with Gasteiger partial charge in [0, 0.05) is 49.4 Å². The predicted octanol–water partition coefficient (Wildman–Crippen LogP) is 3.63. The van der Waals surface area contributed by atoms with E-state index in [0.29, 0.717) is 29.4 Å². The maximum Gasteiger partial charge on any atom is 0.253 e. The Bertz CT molecular complexity index is 740. The van der Waals surface area contributed by atoms with Crippen molar-refractivity contribution in [1.29, 1.82) is 0 Å². The average molecular weight is 416 g/mol. The van der Waals surface area contributed by atoms with Crippen molar-refractivity contribution < 1.29 is 14.3 Å². The van der Waals surface area contributed by atoms with E-state index in [9.17, 15) is 9.59 Å². The molecule has 6 heteroatoms. The summed E-state index contributed by atoms with van der Waals surface area (Å²) in [6.07, 6.45) is 2.65. The molecule has 2 amide bonds. The number of nitrogens with zero attached hydrogens (tertiary/aromatic N) is 2. The lowest BCUT2D eigenvalue weighted by Crippen LogP contribution is -2.48. The standard InChI is InChI=1S/C24H37N3O3/c1-17-14-26(15-18(2)30-17)16-19-9-11-27(12-10-19)22(28)20-7-6-8-21(13-20)25-23(29)24(3,4)5/h6-8,13,17-19H,9-12,14-16H2,1-5H3,(H,25,29). The van der Waals surface area contributed by atoms with Gasteiger partial charge in [-0.25, -0.2) is 0 Å². The second kappa shape index (κ2) is 9.48. The van der Waals surface area contributed by atoms with E-state index in [1.807, 2.05) is 43.9 Å². The highest BCUT2D eigenvalue weighted by atomic mass is 16.5. The van der Waals surface area contributed by atoms with Gasteiger partial charge in [0.2, 0.25) is 5.91 Å². The molecule has 1 N–H and O–H groups in total. The molecule has 0 aliphatic carbocycles. The smallest absolute Gasteiger partial charge is 0.253 e. The lowest BCUT2D eigenvalue weighted by atomic mass is 9.95. The molecule has 2 aliphatic heterocycles. The summed E-state index contributed by atoms with van der Waals surface area (Å²) in [6.45, 7) is 14.6. The molecule has 166 valence electrons. The highest BCUT2D eigenvalue weighted by Crippen LogP contribution is 2.23. The number of piperidine rings is 1. The van der Waals surface area contributed by atoms with Crippen LogP contribution in [0.2, 0.25) is 0 Å². The number of rotatable bonds is 4. The van der Waals surface area contributed by atoms with E-state index in [0.717, 1.165) is 45.6 Å². The summed E-state index contributed by atoms with van der Waals surface area (Å²) >= 11 is 0. The minimum atomic E-state index is -0.474. The molecule has 2 unspecified atom stereocenters. The van der Waals surface area contributed by atoms with Crippen molar-refractivity contribution in [2.45, 2.75) is 59.7 Å². The average Bonchev–Trinajstić information content (AvgIpc) is 2.67. The molecule has 2 atom stereocenters. The Hall–Kier alpha value is -1.92. The first-order chi connectivity index (χ1) is 14.1. The van der Waals surface area contributed by atoms with Gasteiger partial charge in [0.05, 0.1) is 12.2 Å². The van der Waals surface area contributed by atoms with Gasteiger partial charge in [-0.15, -0.1) is 0 Å². The summed E-state index contributed by atoms with van der Waals surface area (Å²) < 4.78 is 5.83. The Kier molecular flexibility index (Phi) is 7.19. The van der Waals surface area contributed by atoms with E-state index in [-0.39, 0.29) is 11.8 Å². The van der Waals surface area contributed by atoms with Gasteiger partial charge in [-0.05, 0) is 50.8 Å². The number of likely N-dealkylation sites (tertiary alicyclic amines) is 1. The van der Waals surface area contributed by atoms with E-state index in [4.69, 9.17) is 4.74 Å². The van der Waals surface area contributed by atoms with Crippen molar-refractivity contribution in [3.05, 3.63) is 29.8 Å². The van der Waals surface area contributed by atoms with Crippen LogP contribution in [0.5, 0.6) is 0 Å². The van der Waals surface area contributed by atoms with Crippen molar-refractivity contribution in [2.75, 3.05) is 38.0 Å². The van der Waals surface area contributed by atoms with E-state index in [1.165, 1.54) is 0 Å². The van der Waals surface area contributed by atoms with Crippen LogP contribution in [0.3, 0.4) is 0 Å². The van der Waals surface area contributed by atoms with Crippen LogP contribution in [0.4, 0.5) is 5.69 Å². The molecular formula is C24H37N3O3. The predicted molar refractivity (Wildman–Crippen MR) is 120 cm³/mol. The molecule has 0 bridgehead atoms. The number of carbonyl (C=O) groups excluding carboxylic acids is 2. The quantitative estimate of drug-likeness (QED) is 0.816. The SMILES string of the molecule is CC1CN(CC2CCN(C(=O)c3cccc(NC(=O)C(C)(C)C)c3)CC2)CC(C)O1. The fourth-order valence-corrected chi connectivity index (χ4v) is 4.35. The number of carbonyl (C=O) groups is 2. The van der Waals surface area contributed by atoms with Crippen molar-refractivity contribution >= 4 is 17.5 Å². The van der Waals surface area contributed by atoms with Gasteiger partial charge in [0.25, 0.3) is 5.91 Å². The van der Waals surface area contributed by atoms with Gasteiger partial charge in [0.1, 0.15) is 0 Å². The number of ether oxygens (including phenoxy) is 1. The minimum absolute atomic E-state index is 0.0499. The van der Waals surface area contributed by atoms with E-state index < -0.39 is 5.41 Å². The molecule has 2 heterocycles. The Morgan fingerprint density at radius 3 is 2.33 bits per heavy atom. The first-order valence-corrected chi connectivity index (χ1v) is 11.2. The monoisotopic (exact) mass is 415 g/mol. The van der Waals surface area contributed by atoms with E-state index in [2.05, 4.69) is 24.1 Å². The Morgan fingerprint density at radius 2 is 1.73 bits per heavy atom. The van der Waals surface area contributed by atoms with Crippen LogP contribution >= 0.6 is 0 Å². The lowest BCUT2D eigenvalue weighted by Gasteiger charge is -2.39. The molecule has 1 aromatic rings. The molecule has 30 heavy (non-hydrogen) atoms. The van der Waals surface area contributed by atoms with Gasteiger partial charge in [-0.1, -0.05) is 26.8 Å². The van der Waals surface area contributed by atoms with Gasteiger partial charge >= 0.3 is 0 Å². The molecule has 3 rings (SSSR count). The normalized spacial score (nSPS) is 24.0. The topological polar surface area (TPSA) is 61.9 Å². The summed E-state index contributed by atoms with van der Waals surface area (Å²) in [5.41, 5.74) is 0.833. The summed E-state index contributed by atoms with van der Waals surface area (Å²) in [6, 6.07) is 7.28. The Morgan fingerprint density at radius 1 is 1.10 bits per heavy atom. The van der Waals surface area contributed by atoms with Gasteiger partial charge in [-0.2, -0.15) is 0 Å². The van der Waals surface area contributed by atoms with Crippen LogP contribution in [-0.2, 0) is 9.53 Å². The molecule has 0 aromatic heterocycles. The molecule has 2 aliphatic rings. The van der Waals surface area contributed by atoms with E-state index >= 15 is 0 Å². The minimum Gasteiger partial charge on any atom is -0.373 e. The molecule has 2 fully saturated rings. The van der Waals surface area contributed by atoms with Gasteiger partial charge < -0.3 is 15.0 Å². The van der Waals surface area contributed by atoms with Gasteiger partial charge in [0.15, 0.2) is 0 Å². The number of morpholine rings is 1. The highest BCUT2D eigenvalue weighted by Gasteiger charge is 2.28. The van der Waals surface area contributed by atoms with Crippen molar-refractivity contribution in [2.24, 2.45) is 11.3 Å². The Balaban J connectivity index is 1.53. The van der Waals surface area contributed by atoms with Crippen LogP contribution in [0.15, 0.2) is 24.3 Å². The third-order valence-electron chi connectivity index (χ3n) is 5.96. The molecule has 0 radical (unpaired) electrons. The third-order valence-corrected chi connectivity index (χ3v) is 5.96. The van der Waals surface area contributed by atoms with Crippen molar-refractivity contribution in [3.8, 4) is 0 Å². The summed E-state index contributed by atoms with van der Waals surface area (Å²) in [5, 5.41) is 2.91. The second-order valence-corrected chi connectivity index (χ2v) is 10.00. The molecule has 0 spiro atoms. The largest absolute Gasteiger partial charge is 0.373 e. The van der Waals surface area contributed by atoms with Crippen LogP contribution < -0.4 is 5.32 Å². The van der Waals surface area contributed by atoms with Crippen molar-refractivity contribution in [1.82, 2.24) is 9.80 Å². The van der Waals surface area contributed by atoms with Gasteiger partial charge in [-0.3, -0.25) is 14.5 Å². The lowest BCUT2D eigenvalue weighted by molar-refractivity contribution is -0.123. The molecule has 1 aromatic carbocycles. The summed E-state index contributed by atoms with van der Waals surface area (Å²) in [4.78, 5) is 29.7. The number of hydrogen-bond donors (Lipinski definition) is 1. The number of nitrogens with one attached hydrogen (secondary N) is 1. The zero-order valence-electron chi connectivity index (χ0n) is 19.1. The second-order valence-electron chi connectivity index (χ2n) is 10.00. The summed E-state index contributed by atoms with van der Waals surface area (Å²) in [5.74, 6) is 0.623. The maximum absolute atomic E-state index is 13.0. The number of hydrogen-bond acceptors (Lipinski definition) is 4. The zero-order valence-corrected chi connectivity index (χ0v) is 19.1. The molecular weight excluding hydrogens is 378 g/mol. The molecule has 2 saturated heterocycles. The number of benzene rings is 1. The third kappa shape index (κ3) is 6.05. The number of amides is 2. The first kappa shape index (κ1) is 22.8. The summed E-state index contributed by atoms with van der Waals surface area (Å²) in [7, 11) is 0. The Labute approximate surface area is 180 Å². The fourth-order valence-electron chi connectivity index (χ4n) is 4.35. The molecule has 6 nitrogen and oxygen atoms in total. The van der Waals surface area contributed by atoms with Crippen LogP contribution in [0, 0.1) is 11.3 Å². The number of anilines is 1.